The Morgan fingerprint density at radius 3 is 2.50 bits per heavy atom. The maximum atomic E-state index is 13.0. The molecule has 1 aliphatic rings. The fourth-order valence-electron chi connectivity index (χ4n) is 3.61. The van der Waals surface area contributed by atoms with Gasteiger partial charge in [0.15, 0.2) is 12.3 Å². The highest BCUT2D eigenvalue weighted by molar-refractivity contribution is 7.89. The van der Waals surface area contributed by atoms with E-state index >= 15 is 0 Å². The third kappa shape index (κ3) is 3.53. The Morgan fingerprint density at radius 2 is 1.79 bits per heavy atom. The summed E-state index contributed by atoms with van der Waals surface area (Å²) in [5.74, 6) is 0. The van der Waals surface area contributed by atoms with Crippen LogP contribution < -0.4 is 4.90 Å². The predicted octanol–water partition coefficient (Wildman–Crippen LogP) is 2.13. The van der Waals surface area contributed by atoms with E-state index in [0.717, 1.165) is 35.3 Å². The molecule has 3 aromatic rings. The number of hydrogen-bond donors (Lipinski definition) is 1. The van der Waals surface area contributed by atoms with Gasteiger partial charge in [-0.05, 0) is 61.5 Å². The molecule has 1 aliphatic heterocycles. The molecule has 4 rings (SSSR count). The van der Waals surface area contributed by atoms with Gasteiger partial charge in [-0.15, -0.1) is 0 Å². The molecule has 1 aromatic heterocycles. The first-order valence-corrected chi connectivity index (χ1v) is 11.2. The van der Waals surface area contributed by atoms with Crippen molar-refractivity contribution in [3.05, 3.63) is 58.4 Å². The van der Waals surface area contributed by atoms with Gasteiger partial charge in [0.1, 0.15) is 0 Å². The van der Waals surface area contributed by atoms with Crippen molar-refractivity contribution in [2.24, 2.45) is 0 Å². The lowest BCUT2D eigenvalue weighted by Gasteiger charge is -2.31. The van der Waals surface area contributed by atoms with Crippen molar-refractivity contribution in [3.8, 4) is 0 Å². The topological polar surface area (TPSA) is 59.9 Å². The van der Waals surface area contributed by atoms with Crippen LogP contribution in [0, 0.1) is 18.7 Å². The first-order valence-electron chi connectivity index (χ1n) is 9.35. The number of fused-ring (bicyclic) bond motifs is 1. The van der Waals surface area contributed by atoms with Crippen LogP contribution in [0.25, 0.3) is 11.1 Å². The van der Waals surface area contributed by atoms with Crippen molar-refractivity contribution in [2.45, 2.75) is 25.4 Å². The number of hydrogen-bond acceptors (Lipinski definition) is 4. The third-order valence-electron chi connectivity index (χ3n) is 5.50. The van der Waals surface area contributed by atoms with Crippen molar-refractivity contribution >= 4 is 33.3 Å². The maximum Gasteiger partial charge on any atom is 0.274 e. The summed E-state index contributed by atoms with van der Waals surface area (Å²) >= 11 is 5.37. The molecule has 0 spiro atoms. The quantitative estimate of drug-likeness (QED) is 0.660. The Bertz CT molecular complexity index is 1170. The SMILES string of the molecule is Cc1ccc(S(=O)(=O)N2CC[NH+](Cn3c(=S)oc4ccccc43)CC2)cc1C. The second-order valence-corrected chi connectivity index (χ2v) is 9.61. The standard InChI is InChI=1S/C20H23N3O3S2/c1-15-7-8-17(13-16(15)2)28(24,25)22-11-9-21(10-12-22)14-23-18-5-3-4-6-19(18)26-20(23)27/h3-8,13H,9-12,14H2,1-2H3/p+1. The molecule has 0 amide bonds. The molecule has 2 heterocycles. The summed E-state index contributed by atoms with van der Waals surface area (Å²) in [6.07, 6.45) is 0. The Hall–Kier alpha value is -2.00. The number of rotatable bonds is 4. The molecule has 1 fully saturated rings. The van der Waals surface area contributed by atoms with Crippen LogP contribution in [-0.4, -0.2) is 43.5 Å². The van der Waals surface area contributed by atoms with E-state index in [0.29, 0.717) is 29.5 Å². The Kier molecular flexibility index (Phi) is 5.13. The molecule has 148 valence electrons. The van der Waals surface area contributed by atoms with Crippen LogP contribution in [0.15, 0.2) is 51.8 Å². The number of oxazole rings is 1. The van der Waals surface area contributed by atoms with Gasteiger partial charge in [0.05, 0.1) is 36.6 Å². The number of sulfonamides is 1. The van der Waals surface area contributed by atoms with Crippen LogP contribution in [0.2, 0.25) is 0 Å². The molecule has 0 bridgehead atoms. The van der Waals surface area contributed by atoms with Crippen molar-refractivity contribution < 1.29 is 17.7 Å². The van der Waals surface area contributed by atoms with E-state index in [2.05, 4.69) is 0 Å². The number of piperazine rings is 1. The van der Waals surface area contributed by atoms with Crippen LogP contribution >= 0.6 is 12.2 Å². The van der Waals surface area contributed by atoms with E-state index in [1.54, 1.807) is 16.4 Å². The van der Waals surface area contributed by atoms with Crippen molar-refractivity contribution in [1.29, 1.82) is 0 Å². The van der Waals surface area contributed by atoms with Crippen molar-refractivity contribution in [1.82, 2.24) is 8.87 Å². The molecule has 28 heavy (non-hydrogen) atoms. The number of para-hydroxylation sites is 2. The predicted molar refractivity (Wildman–Crippen MR) is 110 cm³/mol. The van der Waals surface area contributed by atoms with Gasteiger partial charge in [-0.2, -0.15) is 4.31 Å². The third-order valence-corrected chi connectivity index (χ3v) is 7.70. The molecule has 0 unspecified atom stereocenters. The van der Waals surface area contributed by atoms with Crippen LogP contribution in [0.5, 0.6) is 0 Å². The molecule has 0 aliphatic carbocycles. The molecule has 2 aromatic carbocycles. The largest absolute Gasteiger partial charge is 0.429 e. The number of nitrogens with one attached hydrogen (secondary N) is 1. The summed E-state index contributed by atoms with van der Waals surface area (Å²) in [6.45, 7) is 7.04. The molecular weight excluding hydrogens is 394 g/mol. The molecular formula is C20H24N3O3S2+. The second-order valence-electron chi connectivity index (χ2n) is 7.32. The zero-order valence-corrected chi connectivity index (χ0v) is 17.6. The minimum atomic E-state index is -3.46. The zero-order valence-electron chi connectivity index (χ0n) is 16.0. The van der Waals surface area contributed by atoms with Gasteiger partial charge >= 0.3 is 0 Å². The first-order chi connectivity index (χ1) is 13.4. The number of aromatic nitrogens is 1. The van der Waals surface area contributed by atoms with E-state index in [-0.39, 0.29) is 0 Å². The Labute approximate surface area is 170 Å². The number of nitrogens with zero attached hydrogens (tertiary/aromatic N) is 2. The summed E-state index contributed by atoms with van der Waals surface area (Å²) < 4.78 is 35.2. The lowest BCUT2D eigenvalue weighted by atomic mass is 10.1. The van der Waals surface area contributed by atoms with Crippen LogP contribution in [0.4, 0.5) is 0 Å². The van der Waals surface area contributed by atoms with Gasteiger partial charge in [-0.25, -0.2) is 8.42 Å². The zero-order chi connectivity index (χ0) is 19.9. The molecule has 8 heteroatoms. The highest BCUT2D eigenvalue weighted by Crippen LogP contribution is 2.19. The van der Waals surface area contributed by atoms with Gasteiger partial charge in [0.2, 0.25) is 10.0 Å². The maximum absolute atomic E-state index is 13.0. The summed E-state index contributed by atoms with van der Waals surface area (Å²) in [5, 5.41) is 0. The van der Waals surface area contributed by atoms with E-state index in [4.69, 9.17) is 16.6 Å². The molecule has 1 saturated heterocycles. The molecule has 1 N–H and O–H groups in total. The van der Waals surface area contributed by atoms with Gasteiger partial charge in [0, 0.05) is 0 Å². The summed E-state index contributed by atoms with van der Waals surface area (Å²) in [5.41, 5.74) is 3.84. The van der Waals surface area contributed by atoms with Gasteiger partial charge in [-0.3, -0.25) is 4.57 Å². The van der Waals surface area contributed by atoms with Gasteiger partial charge in [-0.1, -0.05) is 18.2 Å². The number of benzene rings is 2. The average molecular weight is 419 g/mol. The normalized spacial score (nSPS) is 16.6. The lowest BCUT2D eigenvalue weighted by molar-refractivity contribution is -0.926. The van der Waals surface area contributed by atoms with Crippen LogP contribution in [0.1, 0.15) is 11.1 Å². The Balaban J connectivity index is 1.47. The Morgan fingerprint density at radius 1 is 1.07 bits per heavy atom. The van der Waals surface area contributed by atoms with Gasteiger partial charge < -0.3 is 9.32 Å². The van der Waals surface area contributed by atoms with Crippen molar-refractivity contribution in [3.63, 3.8) is 0 Å². The monoisotopic (exact) mass is 418 g/mol. The highest BCUT2D eigenvalue weighted by Gasteiger charge is 2.31. The fourth-order valence-corrected chi connectivity index (χ4v) is 5.39. The van der Waals surface area contributed by atoms with Crippen LogP contribution in [0.3, 0.4) is 0 Å². The summed E-state index contributed by atoms with van der Waals surface area (Å²) in [6, 6.07) is 13.1. The fraction of sp³-hybridized carbons (Fsp3) is 0.350. The summed E-state index contributed by atoms with van der Waals surface area (Å²) in [7, 11) is -3.46. The number of quaternary nitrogens is 1. The van der Waals surface area contributed by atoms with E-state index in [1.165, 1.54) is 4.90 Å². The highest BCUT2D eigenvalue weighted by atomic mass is 32.2. The minimum absolute atomic E-state index is 0.377. The van der Waals surface area contributed by atoms with E-state index < -0.39 is 10.0 Å². The summed E-state index contributed by atoms with van der Waals surface area (Å²) in [4.78, 5) is 2.12. The average Bonchev–Trinajstić information content (AvgIpc) is 3.00. The second kappa shape index (κ2) is 7.44. The van der Waals surface area contributed by atoms with E-state index in [1.807, 2.05) is 48.7 Å². The molecule has 0 radical (unpaired) electrons. The number of aryl methyl sites for hydroxylation is 2. The smallest absolute Gasteiger partial charge is 0.274 e. The molecule has 0 atom stereocenters. The minimum Gasteiger partial charge on any atom is -0.429 e. The molecule has 0 saturated carbocycles. The van der Waals surface area contributed by atoms with E-state index in [9.17, 15) is 8.42 Å². The van der Waals surface area contributed by atoms with Gasteiger partial charge in [0.25, 0.3) is 4.84 Å². The van der Waals surface area contributed by atoms with Crippen LogP contribution in [-0.2, 0) is 16.7 Å². The molecule has 6 nitrogen and oxygen atoms in total. The van der Waals surface area contributed by atoms with Crippen molar-refractivity contribution in [2.75, 3.05) is 26.2 Å². The lowest BCUT2D eigenvalue weighted by Crippen LogP contribution is -3.14. The first kappa shape index (κ1) is 19.3.